The van der Waals surface area contributed by atoms with Gasteiger partial charge in [-0.05, 0) is 18.6 Å². The largest absolute Gasteiger partial charge is 0.349 e. The molecule has 2 nitrogen and oxygen atoms in total. The third-order valence-electron chi connectivity index (χ3n) is 2.48. The van der Waals surface area contributed by atoms with Crippen molar-refractivity contribution in [3.63, 3.8) is 0 Å². The van der Waals surface area contributed by atoms with Gasteiger partial charge in [0.15, 0.2) is 11.6 Å². The fourth-order valence-electron chi connectivity index (χ4n) is 1.69. The van der Waals surface area contributed by atoms with Crippen LogP contribution in [-0.4, -0.2) is 10.8 Å². The molecule has 0 aliphatic carbocycles. The first-order chi connectivity index (χ1) is 7.02. The lowest BCUT2D eigenvalue weighted by Gasteiger charge is -1.95. The maximum Gasteiger partial charge on any atom is 0.176 e. The van der Waals surface area contributed by atoms with E-state index < -0.39 is 5.82 Å². The number of ketones is 1. The summed E-state index contributed by atoms with van der Waals surface area (Å²) < 4.78 is 13.6. The smallest absolute Gasteiger partial charge is 0.176 e. The van der Waals surface area contributed by atoms with Gasteiger partial charge in [-0.2, -0.15) is 0 Å². The lowest BCUT2D eigenvalue weighted by Crippen LogP contribution is -1.93. The van der Waals surface area contributed by atoms with Crippen LogP contribution in [0.25, 0.3) is 10.9 Å². The Morgan fingerprint density at radius 2 is 2.13 bits per heavy atom. The van der Waals surface area contributed by atoms with E-state index in [1.807, 2.05) is 0 Å². The van der Waals surface area contributed by atoms with Crippen molar-refractivity contribution in [2.24, 2.45) is 0 Å². The normalized spacial score (nSPS) is 10.9. The van der Waals surface area contributed by atoms with E-state index in [2.05, 4.69) is 4.98 Å². The fraction of sp³-hybridized carbons (Fsp3) is 0.182. The molecule has 0 aliphatic heterocycles. The third kappa shape index (κ3) is 1.43. The van der Waals surface area contributed by atoms with E-state index in [-0.39, 0.29) is 10.8 Å². The maximum atomic E-state index is 13.6. The van der Waals surface area contributed by atoms with Crippen LogP contribution >= 0.6 is 11.6 Å². The standard InChI is InChI=1S/C11H9ClFNO/c1-5-7-3-4-8(12)9(13)11(7)14-10(5)6(2)15/h3-4,14H,1-2H3. The van der Waals surface area contributed by atoms with Crippen LogP contribution in [0.3, 0.4) is 0 Å². The molecule has 0 bridgehead atoms. The van der Waals surface area contributed by atoms with E-state index in [1.165, 1.54) is 13.0 Å². The van der Waals surface area contributed by atoms with Gasteiger partial charge in [-0.25, -0.2) is 4.39 Å². The molecule has 2 aromatic rings. The number of nitrogens with one attached hydrogen (secondary N) is 1. The zero-order chi connectivity index (χ0) is 11.2. The number of halogens is 2. The molecule has 0 saturated carbocycles. The highest BCUT2D eigenvalue weighted by Gasteiger charge is 2.15. The second-order valence-electron chi connectivity index (χ2n) is 3.47. The van der Waals surface area contributed by atoms with Crippen molar-refractivity contribution in [1.82, 2.24) is 4.98 Å². The fourth-order valence-corrected chi connectivity index (χ4v) is 1.85. The zero-order valence-corrected chi connectivity index (χ0v) is 9.07. The molecular weight excluding hydrogens is 217 g/mol. The minimum Gasteiger partial charge on any atom is -0.349 e. The van der Waals surface area contributed by atoms with Gasteiger partial charge >= 0.3 is 0 Å². The first-order valence-corrected chi connectivity index (χ1v) is 4.87. The lowest BCUT2D eigenvalue weighted by molar-refractivity contribution is 0.101. The SMILES string of the molecule is CC(=O)c1[nH]c2c(F)c(Cl)ccc2c1C. The van der Waals surface area contributed by atoms with Gasteiger partial charge in [-0.1, -0.05) is 17.7 Å². The first kappa shape index (κ1) is 10.2. The van der Waals surface area contributed by atoms with E-state index >= 15 is 0 Å². The Morgan fingerprint density at radius 1 is 1.47 bits per heavy atom. The Labute approximate surface area is 91.0 Å². The number of H-pyrrole nitrogens is 1. The van der Waals surface area contributed by atoms with E-state index in [0.717, 1.165) is 5.56 Å². The molecule has 1 heterocycles. The van der Waals surface area contributed by atoms with Crippen LogP contribution in [-0.2, 0) is 0 Å². The van der Waals surface area contributed by atoms with Crippen molar-refractivity contribution in [2.45, 2.75) is 13.8 Å². The highest BCUT2D eigenvalue weighted by atomic mass is 35.5. The van der Waals surface area contributed by atoms with E-state index in [1.54, 1.807) is 13.0 Å². The summed E-state index contributed by atoms with van der Waals surface area (Å²) in [5.74, 6) is -0.621. The molecule has 0 amide bonds. The molecule has 1 N–H and O–H groups in total. The van der Waals surface area contributed by atoms with Crippen molar-refractivity contribution in [2.75, 3.05) is 0 Å². The van der Waals surface area contributed by atoms with Gasteiger partial charge in [-0.15, -0.1) is 0 Å². The molecule has 4 heteroatoms. The molecule has 0 atom stereocenters. The average Bonchev–Trinajstić information content (AvgIpc) is 2.51. The maximum absolute atomic E-state index is 13.6. The van der Waals surface area contributed by atoms with Crippen LogP contribution in [0.2, 0.25) is 5.02 Å². The summed E-state index contributed by atoms with van der Waals surface area (Å²) in [6.45, 7) is 3.22. The number of hydrogen-bond acceptors (Lipinski definition) is 1. The van der Waals surface area contributed by atoms with Crippen LogP contribution in [0.4, 0.5) is 4.39 Å². The number of aromatic amines is 1. The molecule has 15 heavy (non-hydrogen) atoms. The van der Waals surface area contributed by atoms with Crippen LogP contribution in [0, 0.1) is 12.7 Å². The van der Waals surface area contributed by atoms with E-state index in [4.69, 9.17) is 11.6 Å². The molecule has 1 aromatic carbocycles. The van der Waals surface area contributed by atoms with E-state index in [9.17, 15) is 9.18 Å². The number of Topliss-reactive ketones (excluding diaryl/α,β-unsaturated/α-hetero) is 1. The van der Waals surface area contributed by atoms with Crippen LogP contribution < -0.4 is 0 Å². The molecule has 2 rings (SSSR count). The Balaban J connectivity index is 2.88. The van der Waals surface area contributed by atoms with Gasteiger partial charge in [0.25, 0.3) is 0 Å². The predicted octanol–water partition coefficient (Wildman–Crippen LogP) is 3.47. The van der Waals surface area contributed by atoms with Gasteiger partial charge in [0, 0.05) is 12.3 Å². The van der Waals surface area contributed by atoms with Gasteiger partial charge in [0.05, 0.1) is 16.2 Å². The van der Waals surface area contributed by atoms with Gasteiger partial charge in [0.2, 0.25) is 0 Å². The summed E-state index contributed by atoms with van der Waals surface area (Å²) in [5.41, 5.74) is 1.49. The summed E-state index contributed by atoms with van der Waals surface area (Å²) >= 11 is 5.65. The summed E-state index contributed by atoms with van der Waals surface area (Å²) in [6, 6.07) is 3.20. The molecule has 0 spiro atoms. The van der Waals surface area contributed by atoms with Crippen molar-refractivity contribution in [3.05, 3.63) is 34.2 Å². The second-order valence-corrected chi connectivity index (χ2v) is 3.87. The van der Waals surface area contributed by atoms with Gasteiger partial charge < -0.3 is 4.98 Å². The topological polar surface area (TPSA) is 32.9 Å². The van der Waals surface area contributed by atoms with Crippen LogP contribution in [0.1, 0.15) is 23.0 Å². The number of aromatic nitrogens is 1. The number of fused-ring (bicyclic) bond motifs is 1. The van der Waals surface area contributed by atoms with Crippen molar-refractivity contribution in [3.8, 4) is 0 Å². The zero-order valence-electron chi connectivity index (χ0n) is 8.32. The van der Waals surface area contributed by atoms with Crippen molar-refractivity contribution < 1.29 is 9.18 Å². The van der Waals surface area contributed by atoms with Gasteiger partial charge in [-0.3, -0.25) is 4.79 Å². The minimum absolute atomic E-state index is 0.0545. The quantitative estimate of drug-likeness (QED) is 0.741. The molecule has 0 unspecified atom stereocenters. The number of rotatable bonds is 1. The Bertz CT molecular complexity index is 559. The van der Waals surface area contributed by atoms with E-state index in [0.29, 0.717) is 16.6 Å². The Hall–Kier alpha value is -1.35. The highest BCUT2D eigenvalue weighted by molar-refractivity contribution is 6.31. The number of hydrogen-bond donors (Lipinski definition) is 1. The van der Waals surface area contributed by atoms with Gasteiger partial charge in [0.1, 0.15) is 0 Å². The molecule has 0 aliphatic rings. The third-order valence-corrected chi connectivity index (χ3v) is 2.77. The summed E-state index contributed by atoms with van der Waals surface area (Å²) in [4.78, 5) is 14.0. The van der Waals surface area contributed by atoms with Crippen LogP contribution in [0.15, 0.2) is 12.1 Å². The Kier molecular flexibility index (Phi) is 2.27. The summed E-state index contributed by atoms with van der Waals surface area (Å²) in [7, 11) is 0. The first-order valence-electron chi connectivity index (χ1n) is 4.49. The monoisotopic (exact) mass is 225 g/mol. The number of benzene rings is 1. The number of carbonyl (C=O) groups excluding carboxylic acids is 1. The minimum atomic E-state index is -0.509. The average molecular weight is 226 g/mol. The second kappa shape index (κ2) is 3.35. The molecule has 1 aromatic heterocycles. The van der Waals surface area contributed by atoms with Crippen molar-refractivity contribution >= 4 is 28.3 Å². The molecule has 78 valence electrons. The summed E-state index contributed by atoms with van der Waals surface area (Å²) in [6.07, 6.45) is 0. The van der Waals surface area contributed by atoms with Crippen LogP contribution in [0.5, 0.6) is 0 Å². The lowest BCUT2D eigenvalue weighted by atomic mass is 10.1. The number of carbonyl (C=O) groups is 1. The Morgan fingerprint density at radius 3 is 2.73 bits per heavy atom. The summed E-state index contributed by atoms with van der Waals surface area (Å²) in [5, 5.41) is 0.751. The molecular formula is C11H9ClFNO. The predicted molar refractivity (Wildman–Crippen MR) is 58.0 cm³/mol. The molecule has 0 radical (unpaired) electrons. The molecule has 0 fully saturated rings. The molecule has 0 saturated heterocycles. The van der Waals surface area contributed by atoms with Crippen molar-refractivity contribution in [1.29, 1.82) is 0 Å². The number of aryl methyl sites for hydroxylation is 1. The highest BCUT2D eigenvalue weighted by Crippen LogP contribution is 2.28.